The largest absolute Gasteiger partial charge is 0.496 e. The van der Waals surface area contributed by atoms with E-state index in [0.717, 1.165) is 50.3 Å². The fourth-order valence-corrected chi connectivity index (χ4v) is 4.20. The Bertz CT molecular complexity index is 582. The monoisotopic (exact) mass is 346 g/mol. The molecular weight excluding hydrogens is 316 g/mol. The number of likely N-dealkylation sites (tertiary alicyclic amines) is 1. The van der Waals surface area contributed by atoms with E-state index in [2.05, 4.69) is 23.6 Å². The van der Waals surface area contributed by atoms with Gasteiger partial charge in [-0.25, -0.2) is 0 Å². The number of hydrogen-bond donors (Lipinski definition) is 0. The predicted octanol–water partition coefficient (Wildman–Crippen LogP) is 2.34. The van der Waals surface area contributed by atoms with Gasteiger partial charge in [0.25, 0.3) is 0 Å². The summed E-state index contributed by atoms with van der Waals surface area (Å²) in [6.45, 7) is 7.98. The summed E-state index contributed by atoms with van der Waals surface area (Å²) in [7, 11) is 1.66. The van der Waals surface area contributed by atoms with Crippen molar-refractivity contribution in [3.63, 3.8) is 0 Å². The fraction of sp³-hybridized carbons (Fsp3) is 0.650. The van der Waals surface area contributed by atoms with Crippen LogP contribution in [0.1, 0.15) is 32.3 Å². The Labute approximate surface area is 150 Å². The van der Waals surface area contributed by atoms with Crippen LogP contribution in [0.15, 0.2) is 24.3 Å². The van der Waals surface area contributed by atoms with E-state index in [1.165, 1.54) is 0 Å². The molecule has 0 N–H and O–H groups in total. The Hall–Kier alpha value is -1.59. The topological polar surface area (TPSA) is 42.0 Å². The molecular formula is C20H30N2O3. The highest BCUT2D eigenvalue weighted by atomic mass is 16.5. The SMILES string of the molecule is COc1ccccc1CC(=O)N1CCC[C@@H]1CN1C[C@H](C)O[C@@H](C)C1. The number of rotatable bonds is 5. The van der Waals surface area contributed by atoms with Crippen LogP contribution in [0.25, 0.3) is 0 Å². The molecule has 0 unspecified atom stereocenters. The van der Waals surface area contributed by atoms with E-state index in [-0.39, 0.29) is 18.1 Å². The number of methoxy groups -OCH3 is 1. The van der Waals surface area contributed by atoms with Crippen molar-refractivity contribution >= 4 is 5.91 Å². The molecule has 138 valence electrons. The van der Waals surface area contributed by atoms with Gasteiger partial charge in [0.05, 0.1) is 25.7 Å². The molecule has 2 heterocycles. The molecule has 0 radical (unpaired) electrons. The zero-order chi connectivity index (χ0) is 17.8. The first-order valence-electron chi connectivity index (χ1n) is 9.36. The highest BCUT2D eigenvalue weighted by Crippen LogP contribution is 2.24. The molecule has 3 rings (SSSR count). The van der Waals surface area contributed by atoms with Gasteiger partial charge in [0.15, 0.2) is 0 Å². The number of nitrogens with zero attached hydrogens (tertiary/aromatic N) is 2. The van der Waals surface area contributed by atoms with Gasteiger partial charge in [0.1, 0.15) is 5.75 Å². The van der Waals surface area contributed by atoms with Gasteiger partial charge in [0.2, 0.25) is 5.91 Å². The van der Waals surface area contributed by atoms with E-state index in [9.17, 15) is 4.79 Å². The van der Waals surface area contributed by atoms with Gasteiger partial charge in [-0.15, -0.1) is 0 Å². The maximum absolute atomic E-state index is 12.9. The van der Waals surface area contributed by atoms with Crippen molar-refractivity contribution in [2.75, 3.05) is 33.3 Å². The third kappa shape index (κ3) is 4.53. The molecule has 2 aliphatic rings. The molecule has 0 spiro atoms. The second-order valence-corrected chi connectivity index (χ2v) is 7.35. The van der Waals surface area contributed by atoms with E-state index in [1.807, 2.05) is 24.3 Å². The number of morpholine rings is 1. The van der Waals surface area contributed by atoms with Crippen molar-refractivity contribution in [3.8, 4) is 5.75 Å². The normalized spacial score (nSPS) is 27.5. The number of benzene rings is 1. The summed E-state index contributed by atoms with van der Waals surface area (Å²) in [6, 6.07) is 8.11. The summed E-state index contributed by atoms with van der Waals surface area (Å²) in [5.74, 6) is 1.00. The van der Waals surface area contributed by atoms with Crippen molar-refractivity contribution in [2.24, 2.45) is 0 Å². The van der Waals surface area contributed by atoms with Crippen LogP contribution in [-0.4, -0.2) is 67.2 Å². The number of carbonyl (C=O) groups is 1. The Kier molecular flexibility index (Phi) is 5.97. The quantitative estimate of drug-likeness (QED) is 0.821. The van der Waals surface area contributed by atoms with Gasteiger partial charge in [-0.2, -0.15) is 0 Å². The summed E-state index contributed by atoms with van der Waals surface area (Å²) in [6.07, 6.45) is 3.14. The first-order valence-corrected chi connectivity index (χ1v) is 9.36. The highest BCUT2D eigenvalue weighted by Gasteiger charge is 2.32. The van der Waals surface area contributed by atoms with Crippen LogP contribution in [0.5, 0.6) is 5.75 Å². The third-order valence-corrected chi connectivity index (χ3v) is 5.20. The third-order valence-electron chi connectivity index (χ3n) is 5.20. The molecule has 1 amide bonds. The Morgan fingerprint density at radius 1 is 1.24 bits per heavy atom. The van der Waals surface area contributed by atoms with E-state index >= 15 is 0 Å². The minimum atomic E-state index is 0.210. The predicted molar refractivity (Wildman–Crippen MR) is 97.9 cm³/mol. The zero-order valence-corrected chi connectivity index (χ0v) is 15.6. The van der Waals surface area contributed by atoms with Crippen LogP contribution in [0.4, 0.5) is 0 Å². The van der Waals surface area contributed by atoms with Crippen molar-refractivity contribution < 1.29 is 14.3 Å². The first-order chi connectivity index (χ1) is 12.1. The molecule has 2 saturated heterocycles. The van der Waals surface area contributed by atoms with Gasteiger partial charge < -0.3 is 14.4 Å². The molecule has 0 aromatic heterocycles. The lowest BCUT2D eigenvalue weighted by Crippen LogP contribution is -2.51. The number of para-hydroxylation sites is 1. The van der Waals surface area contributed by atoms with E-state index in [1.54, 1.807) is 7.11 Å². The molecule has 0 saturated carbocycles. The van der Waals surface area contributed by atoms with Crippen LogP contribution >= 0.6 is 0 Å². The van der Waals surface area contributed by atoms with Gasteiger partial charge in [0, 0.05) is 37.8 Å². The van der Waals surface area contributed by atoms with Crippen molar-refractivity contribution in [3.05, 3.63) is 29.8 Å². The highest BCUT2D eigenvalue weighted by molar-refractivity contribution is 5.80. The molecule has 1 aromatic carbocycles. The number of amides is 1. The fourth-order valence-electron chi connectivity index (χ4n) is 4.20. The van der Waals surface area contributed by atoms with Crippen molar-refractivity contribution in [2.45, 2.75) is 51.4 Å². The van der Waals surface area contributed by atoms with Crippen molar-refractivity contribution in [1.82, 2.24) is 9.80 Å². The molecule has 2 aliphatic heterocycles. The zero-order valence-electron chi connectivity index (χ0n) is 15.6. The maximum atomic E-state index is 12.9. The van der Waals surface area contributed by atoms with Crippen LogP contribution in [0, 0.1) is 0 Å². The summed E-state index contributed by atoms with van der Waals surface area (Å²) >= 11 is 0. The van der Waals surface area contributed by atoms with Gasteiger partial charge in [-0.1, -0.05) is 18.2 Å². The van der Waals surface area contributed by atoms with Gasteiger partial charge in [-0.3, -0.25) is 9.69 Å². The minimum absolute atomic E-state index is 0.210. The lowest BCUT2D eigenvalue weighted by molar-refractivity contribution is -0.132. The molecule has 25 heavy (non-hydrogen) atoms. The first kappa shape index (κ1) is 18.2. The van der Waals surface area contributed by atoms with Crippen LogP contribution in [0.2, 0.25) is 0 Å². The lowest BCUT2D eigenvalue weighted by atomic mass is 10.1. The standard InChI is InChI=1S/C20H30N2O3/c1-15-12-21(13-16(2)25-15)14-18-8-6-10-22(18)20(23)11-17-7-4-5-9-19(17)24-3/h4-5,7,9,15-16,18H,6,8,10-14H2,1-3H3/t15-,16-,18+/m0/s1. The second-order valence-electron chi connectivity index (χ2n) is 7.35. The minimum Gasteiger partial charge on any atom is -0.496 e. The van der Waals surface area contributed by atoms with Crippen LogP contribution in [0.3, 0.4) is 0 Å². The Morgan fingerprint density at radius 2 is 1.96 bits per heavy atom. The second kappa shape index (κ2) is 8.19. The maximum Gasteiger partial charge on any atom is 0.227 e. The molecule has 5 heteroatoms. The number of carbonyl (C=O) groups excluding carboxylic acids is 1. The van der Waals surface area contributed by atoms with E-state index < -0.39 is 0 Å². The smallest absolute Gasteiger partial charge is 0.227 e. The molecule has 5 nitrogen and oxygen atoms in total. The summed E-state index contributed by atoms with van der Waals surface area (Å²) in [5, 5.41) is 0. The summed E-state index contributed by atoms with van der Waals surface area (Å²) in [4.78, 5) is 17.4. The Balaban J connectivity index is 1.61. The molecule has 0 aliphatic carbocycles. The van der Waals surface area contributed by atoms with Gasteiger partial charge >= 0.3 is 0 Å². The molecule has 1 aromatic rings. The lowest BCUT2D eigenvalue weighted by Gasteiger charge is -2.38. The van der Waals surface area contributed by atoms with Crippen LogP contribution in [-0.2, 0) is 16.0 Å². The average Bonchev–Trinajstić information content (AvgIpc) is 3.02. The van der Waals surface area contributed by atoms with E-state index in [0.29, 0.717) is 12.5 Å². The number of hydrogen-bond acceptors (Lipinski definition) is 4. The average molecular weight is 346 g/mol. The van der Waals surface area contributed by atoms with E-state index in [4.69, 9.17) is 9.47 Å². The summed E-state index contributed by atoms with van der Waals surface area (Å²) in [5.41, 5.74) is 0.967. The molecule has 3 atom stereocenters. The van der Waals surface area contributed by atoms with Crippen LogP contribution < -0.4 is 4.74 Å². The molecule has 0 bridgehead atoms. The number of ether oxygens (including phenoxy) is 2. The Morgan fingerprint density at radius 3 is 2.68 bits per heavy atom. The molecule has 2 fully saturated rings. The van der Waals surface area contributed by atoms with Crippen molar-refractivity contribution in [1.29, 1.82) is 0 Å². The van der Waals surface area contributed by atoms with Gasteiger partial charge in [-0.05, 0) is 32.8 Å². The summed E-state index contributed by atoms with van der Waals surface area (Å²) < 4.78 is 11.2.